The SMILES string of the molecule is CC(CO)CNC(c1ccccc1)c1cccc([N+](=O)[O-])c1. The van der Waals surface area contributed by atoms with Crippen LogP contribution in [0, 0.1) is 16.0 Å². The van der Waals surface area contributed by atoms with E-state index < -0.39 is 0 Å². The number of nitro benzene ring substituents is 1. The van der Waals surface area contributed by atoms with Crippen LogP contribution in [0.5, 0.6) is 0 Å². The molecule has 2 rings (SSSR count). The second kappa shape index (κ2) is 7.68. The Morgan fingerprint density at radius 2 is 1.82 bits per heavy atom. The fourth-order valence-electron chi connectivity index (χ4n) is 2.28. The van der Waals surface area contributed by atoms with Gasteiger partial charge in [-0.3, -0.25) is 10.1 Å². The molecule has 0 aromatic heterocycles. The van der Waals surface area contributed by atoms with Gasteiger partial charge in [0.2, 0.25) is 0 Å². The fourth-order valence-corrected chi connectivity index (χ4v) is 2.28. The zero-order valence-electron chi connectivity index (χ0n) is 12.5. The molecule has 0 aliphatic heterocycles. The molecule has 2 aromatic rings. The molecule has 0 aliphatic carbocycles. The van der Waals surface area contributed by atoms with Gasteiger partial charge in [0.15, 0.2) is 0 Å². The van der Waals surface area contributed by atoms with E-state index in [-0.39, 0.29) is 29.2 Å². The first-order valence-electron chi connectivity index (χ1n) is 7.25. The molecule has 116 valence electrons. The molecule has 5 heteroatoms. The van der Waals surface area contributed by atoms with Crippen LogP contribution < -0.4 is 5.32 Å². The minimum absolute atomic E-state index is 0.0791. The number of nitro groups is 1. The first kappa shape index (κ1) is 16.1. The maximum absolute atomic E-state index is 11.0. The van der Waals surface area contributed by atoms with Crippen LogP contribution >= 0.6 is 0 Å². The summed E-state index contributed by atoms with van der Waals surface area (Å²) in [6.45, 7) is 2.67. The number of non-ortho nitro benzene ring substituents is 1. The van der Waals surface area contributed by atoms with Crippen molar-refractivity contribution in [1.29, 1.82) is 0 Å². The van der Waals surface area contributed by atoms with Crippen molar-refractivity contribution in [3.8, 4) is 0 Å². The lowest BCUT2D eigenvalue weighted by Crippen LogP contribution is -2.28. The molecule has 0 saturated heterocycles. The lowest BCUT2D eigenvalue weighted by Gasteiger charge is -2.21. The van der Waals surface area contributed by atoms with Gasteiger partial charge in [-0.2, -0.15) is 0 Å². The van der Waals surface area contributed by atoms with E-state index in [1.165, 1.54) is 6.07 Å². The summed E-state index contributed by atoms with van der Waals surface area (Å²) in [5, 5.41) is 23.5. The highest BCUT2D eigenvalue weighted by molar-refractivity contribution is 5.40. The molecule has 0 amide bonds. The van der Waals surface area contributed by atoms with Gasteiger partial charge in [0.25, 0.3) is 5.69 Å². The fraction of sp³-hybridized carbons (Fsp3) is 0.294. The summed E-state index contributed by atoms with van der Waals surface area (Å²) in [7, 11) is 0. The number of nitrogens with one attached hydrogen (secondary N) is 1. The quantitative estimate of drug-likeness (QED) is 0.609. The van der Waals surface area contributed by atoms with Crippen molar-refractivity contribution in [3.63, 3.8) is 0 Å². The Bertz CT molecular complexity index is 616. The van der Waals surface area contributed by atoms with Crippen molar-refractivity contribution in [3.05, 3.63) is 75.8 Å². The van der Waals surface area contributed by atoms with E-state index in [4.69, 9.17) is 0 Å². The molecule has 2 aromatic carbocycles. The molecule has 0 aliphatic rings. The number of hydrogen-bond donors (Lipinski definition) is 2. The smallest absolute Gasteiger partial charge is 0.269 e. The van der Waals surface area contributed by atoms with Crippen molar-refractivity contribution < 1.29 is 10.0 Å². The molecular formula is C17H20N2O3. The zero-order chi connectivity index (χ0) is 15.9. The third-order valence-corrected chi connectivity index (χ3v) is 3.53. The second-order valence-electron chi connectivity index (χ2n) is 5.39. The van der Waals surface area contributed by atoms with Gasteiger partial charge in [-0.25, -0.2) is 0 Å². The van der Waals surface area contributed by atoms with Gasteiger partial charge in [-0.1, -0.05) is 49.4 Å². The summed E-state index contributed by atoms with van der Waals surface area (Å²) in [5.74, 6) is 0.116. The number of rotatable bonds is 7. The summed E-state index contributed by atoms with van der Waals surface area (Å²) < 4.78 is 0. The Morgan fingerprint density at radius 1 is 1.14 bits per heavy atom. The highest BCUT2D eigenvalue weighted by Gasteiger charge is 2.17. The van der Waals surface area contributed by atoms with Gasteiger partial charge in [0.1, 0.15) is 0 Å². The monoisotopic (exact) mass is 300 g/mol. The second-order valence-corrected chi connectivity index (χ2v) is 5.39. The molecule has 0 saturated carbocycles. The molecule has 0 fully saturated rings. The average molecular weight is 300 g/mol. The largest absolute Gasteiger partial charge is 0.396 e. The van der Waals surface area contributed by atoms with Crippen LogP contribution in [0.2, 0.25) is 0 Å². The Morgan fingerprint density at radius 3 is 2.45 bits per heavy atom. The van der Waals surface area contributed by atoms with Crippen molar-refractivity contribution in [1.82, 2.24) is 5.32 Å². The minimum atomic E-state index is -0.387. The normalized spacial score (nSPS) is 13.5. The van der Waals surface area contributed by atoms with Gasteiger partial charge >= 0.3 is 0 Å². The zero-order valence-corrected chi connectivity index (χ0v) is 12.5. The van der Waals surface area contributed by atoms with Crippen molar-refractivity contribution >= 4 is 5.69 Å². The van der Waals surface area contributed by atoms with Crippen molar-refractivity contribution in [2.75, 3.05) is 13.2 Å². The van der Waals surface area contributed by atoms with E-state index >= 15 is 0 Å². The first-order valence-corrected chi connectivity index (χ1v) is 7.25. The van der Waals surface area contributed by atoms with E-state index in [0.717, 1.165) is 11.1 Å². The van der Waals surface area contributed by atoms with Crippen molar-refractivity contribution in [2.45, 2.75) is 13.0 Å². The number of benzene rings is 2. The molecule has 2 unspecified atom stereocenters. The Hall–Kier alpha value is -2.24. The van der Waals surface area contributed by atoms with Gasteiger partial charge in [0.05, 0.1) is 11.0 Å². The van der Waals surface area contributed by atoms with E-state index in [1.54, 1.807) is 12.1 Å². The first-order chi connectivity index (χ1) is 10.6. The lowest BCUT2D eigenvalue weighted by molar-refractivity contribution is -0.384. The Balaban J connectivity index is 2.31. The van der Waals surface area contributed by atoms with E-state index in [9.17, 15) is 15.2 Å². The summed E-state index contributed by atoms with van der Waals surface area (Å²) in [5.41, 5.74) is 1.95. The van der Waals surface area contributed by atoms with Crippen molar-refractivity contribution in [2.24, 2.45) is 5.92 Å². The van der Waals surface area contributed by atoms with Crippen LogP contribution in [-0.2, 0) is 0 Å². The Labute approximate surface area is 129 Å². The summed E-state index contributed by atoms with van der Waals surface area (Å²) in [6.07, 6.45) is 0. The number of hydrogen-bond acceptors (Lipinski definition) is 4. The van der Waals surface area contributed by atoms with E-state index in [0.29, 0.717) is 6.54 Å². The topological polar surface area (TPSA) is 75.4 Å². The highest BCUT2D eigenvalue weighted by Crippen LogP contribution is 2.25. The molecule has 2 N–H and O–H groups in total. The van der Waals surface area contributed by atoms with E-state index in [1.807, 2.05) is 43.3 Å². The number of nitrogens with zero attached hydrogens (tertiary/aromatic N) is 1. The highest BCUT2D eigenvalue weighted by atomic mass is 16.6. The maximum Gasteiger partial charge on any atom is 0.269 e. The van der Waals surface area contributed by atoms with Crippen LogP contribution in [0.15, 0.2) is 54.6 Å². The van der Waals surface area contributed by atoms with Crippen LogP contribution in [0.4, 0.5) is 5.69 Å². The third kappa shape index (κ3) is 4.13. The molecule has 0 radical (unpaired) electrons. The third-order valence-electron chi connectivity index (χ3n) is 3.53. The van der Waals surface area contributed by atoms with Gasteiger partial charge in [-0.05, 0) is 17.0 Å². The van der Waals surface area contributed by atoms with Gasteiger partial charge in [-0.15, -0.1) is 0 Å². The number of aliphatic hydroxyl groups excluding tert-OH is 1. The molecule has 0 bridgehead atoms. The standard InChI is InChI=1S/C17H20N2O3/c1-13(12-20)11-18-17(14-6-3-2-4-7-14)15-8-5-9-16(10-15)19(21)22/h2-10,13,17-18,20H,11-12H2,1H3. The molecule has 22 heavy (non-hydrogen) atoms. The van der Waals surface area contributed by atoms with Gasteiger partial charge in [0, 0.05) is 25.3 Å². The van der Waals surface area contributed by atoms with Gasteiger partial charge < -0.3 is 10.4 Å². The molecule has 5 nitrogen and oxygen atoms in total. The molecule has 0 spiro atoms. The van der Waals surface area contributed by atoms with Crippen LogP contribution in [0.25, 0.3) is 0 Å². The minimum Gasteiger partial charge on any atom is -0.396 e. The number of aliphatic hydroxyl groups is 1. The summed E-state index contributed by atoms with van der Waals surface area (Å²) >= 11 is 0. The van der Waals surface area contributed by atoms with Crippen LogP contribution in [0.1, 0.15) is 24.1 Å². The van der Waals surface area contributed by atoms with Crippen LogP contribution in [-0.4, -0.2) is 23.2 Å². The summed E-state index contributed by atoms with van der Waals surface area (Å²) in [4.78, 5) is 10.6. The average Bonchev–Trinajstić information content (AvgIpc) is 2.56. The predicted octanol–water partition coefficient (Wildman–Crippen LogP) is 2.90. The molecule has 2 atom stereocenters. The van der Waals surface area contributed by atoms with E-state index in [2.05, 4.69) is 5.32 Å². The molecular weight excluding hydrogens is 280 g/mol. The van der Waals surface area contributed by atoms with Crippen LogP contribution in [0.3, 0.4) is 0 Å². The lowest BCUT2D eigenvalue weighted by atomic mass is 9.97. The summed E-state index contributed by atoms with van der Waals surface area (Å²) in [6, 6.07) is 16.3. The maximum atomic E-state index is 11.0. The molecule has 0 heterocycles. The predicted molar refractivity (Wildman–Crippen MR) is 85.6 cm³/mol. The Kier molecular flexibility index (Phi) is 5.63.